The highest BCUT2D eigenvalue weighted by atomic mass is 19.1. The summed E-state index contributed by atoms with van der Waals surface area (Å²) < 4.78 is 14.8. The number of halogens is 1. The second-order valence-corrected chi connectivity index (χ2v) is 8.37. The number of benzene rings is 2. The summed E-state index contributed by atoms with van der Waals surface area (Å²) in [7, 11) is 0. The van der Waals surface area contributed by atoms with E-state index in [2.05, 4.69) is 31.3 Å². The lowest BCUT2D eigenvalue weighted by molar-refractivity contribution is 0.175. The van der Waals surface area contributed by atoms with Gasteiger partial charge in [0.25, 0.3) is 0 Å². The van der Waals surface area contributed by atoms with Crippen LogP contribution in [-0.4, -0.2) is 11.2 Å². The first-order valence-electron chi connectivity index (χ1n) is 9.08. The molecule has 1 aliphatic rings. The maximum atomic E-state index is 14.8. The van der Waals surface area contributed by atoms with E-state index in [-0.39, 0.29) is 11.2 Å². The van der Waals surface area contributed by atoms with Crippen molar-refractivity contribution in [3.05, 3.63) is 58.9 Å². The average Bonchev–Trinajstić information content (AvgIpc) is 2.77. The molecule has 3 rings (SSSR count). The fourth-order valence-corrected chi connectivity index (χ4v) is 3.98. The van der Waals surface area contributed by atoms with Gasteiger partial charge in [-0.25, -0.2) is 9.18 Å². The molecule has 0 heterocycles. The van der Waals surface area contributed by atoms with Gasteiger partial charge in [0.1, 0.15) is 5.82 Å². The molecule has 2 aromatic rings. The molecule has 1 unspecified atom stereocenters. The van der Waals surface area contributed by atoms with Crippen molar-refractivity contribution in [3.63, 3.8) is 0 Å². The van der Waals surface area contributed by atoms with Gasteiger partial charge in [-0.05, 0) is 58.6 Å². The summed E-state index contributed by atoms with van der Waals surface area (Å²) in [5, 5.41) is 11.7. The van der Waals surface area contributed by atoms with Crippen LogP contribution in [0.25, 0.3) is 11.1 Å². The lowest BCUT2D eigenvalue weighted by atomic mass is 9.85. The third-order valence-electron chi connectivity index (χ3n) is 5.14. The van der Waals surface area contributed by atoms with E-state index in [1.54, 1.807) is 0 Å². The van der Waals surface area contributed by atoms with Crippen LogP contribution in [0.15, 0.2) is 36.4 Å². The third-order valence-corrected chi connectivity index (χ3v) is 5.14. The molecule has 1 atom stereocenters. The fourth-order valence-electron chi connectivity index (χ4n) is 3.98. The molecule has 0 bridgehead atoms. The number of fused-ring (bicyclic) bond motifs is 1. The summed E-state index contributed by atoms with van der Waals surface area (Å²) in [6.45, 7) is 8.37. The molecular weight excluding hydrogens is 329 g/mol. The molecule has 0 spiro atoms. The molecule has 3 nitrogen and oxygen atoms in total. The number of carbonyl (C=O) groups is 1. The molecular formula is C22H26FNO2. The van der Waals surface area contributed by atoms with Crippen LogP contribution in [0, 0.1) is 17.2 Å². The summed E-state index contributed by atoms with van der Waals surface area (Å²) >= 11 is 0. The Morgan fingerprint density at radius 1 is 1.27 bits per heavy atom. The first-order valence-corrected chi connectivity index (χ1v) is 9.08. The monoisotopic (exact) mass is 355 g/mol. The van der Waals surface area contributed by atoms with Crippen LogP contribution >= 0.6 is 0 Å². The Morgan fingerprint density at radius 3 is 2.50 bits per heavy atom. The summed E-state index contributed by atoms with van der Waals surface area (Å²) in [6, 6.07) is 11.0. The first-order chi connectivity index (χ1) is 12.2. The van der Waals surface area contributed by atoms with Crippen molar-refractivity contribution < 1.29 is 14.3 Å². The van der Waals surface area contributed by atoms with Crippen molar-refractivity contribution in [1.82, 2.24) is 5.32 Å². The SMILES string of the molecule is CC(C)Cc1ccc(-c2cc3c(cc2F)C(NC(=O)O)C(C)(C)C3)cc1. The highest BCUT2D eigenvalue weighted by Gasteiger charge is 2.40. The van der Waals surface area contributed by atoms with Crippen LogP contribution < -0.4 is 5.32 Å². The second-order valence-electron chi connectivity index (χ2n) is 8.37. The van der Waals surface area contributed by atoms with E-state index in [9.17, 15) is 9.18 Å². The predicted octanol–water partition coefficient (Wildman–Crippen LogP) is 5.58. The van der Waals surface area contributed by atoms with E-state index in [0.717, 1.165) is 23.1 Å². The normalized spacial score (nSPS) is 18.0. The van der Waals surface area contributed by atoms with E-state index < -0.39 is 12.1 Å². The fraction of sp³-hybridized carbons (Fsp3) is 0.409. The van der Waals surface area contributed by atoms with Crippen molar-refractivity contribution in [3.8, 4) is 11.1 Å². The molecule has 138 valence electrons. The zero-order chi connectivity index (χ0) is 19.1. The Labute approximate surface area is 154 Å². The van der Waals surface area contributed by atoms with Crippen LogP contribution in [-0.2, 0) is 12.8 Å². The topological polar surface area (TPSA) is 49.3 Å². The van der Waals surface area contributed by atoms with E-state index in [1.165, 1.54) is 11.6 Å². The van der Waals surface area contributed by atoms with E-state index in [1.807, 2.05) is 32.0 Å². The number of hydrogen-bond donors (Lipinski definition) is 2. The van der Waals surface area contributed by atoms with Gasteiger partial charge in [-0.3, -0.25) is 0 Å². The zero-order valence-corrected chi connectivity index (χ0v) is 15.8. The van der Waals surface area contributed by atoms with Crippen molar-refractivity contribution in [2.45, 2.75) is 46.6 Å². The lowest BCUT2D eigenvalue weighted by Gasteiger charge is -2.27. The predicted molar refractivity (Wildman–Crippen MR) is 102 cm³/mol. The van der Waals surface area contributed by atoms with Gasteiger partial charge in [0.2, 0.25) is 0 Å². The van der Waals surface area contributed by atoms with Crippen LogP contribution in [0.3, 0.4) is 0 Å². The largest absolute Gasteiger partial charge is 0.465 e. The maximum Gasteiger partial charge on any atom is 0.405 e. The maximum absolute atomic E-state index is 14.8. The minimum atomic E-state index is -1.08. The summed E-state index contributed by atoms with van der Waals surface area (Å²) in [5.74, 6) is 0.272. The quantitative estimate of drug-likeness (QED) is 0.752. The van der Waals surface area contributed by atoms with Gasteiger partial charge >= 0.3 is 6.09 Å². The first kappa shape index (κ1) is 18.4. The summed E-state index contributed by atoms with van der Waals surface area (Å²) in [6.07, 6.45) is 0.636. The molecule has 2 N–H and O–H groups in total. The standard InChI is InChI=1S/C22H26FNO2/c1-13(2)9-14-5-7-15(8-6-14)17-10-16-12-22(3,4)20(24-21(25)26)18(16)11-19(17)23/h5-8,10-11,13,20,24H,9,12H2,1-4H3,(H,25,26). The number of rotatable bonds is 4. The molecule has 0 fully saturated rings. The molecule has 26 heavy (non-hydrogen) atoms. The van der Waals surface area contributed by atoms with Crippen molar-refractivity contribution in [2.75, 3.05) is 0 Å². The van der Waals surface area contributed by atoms with Crippen molar-refractivity contribution >= 4 is 6.09 Å². The average molecular weight is 355 g/mol. The van der Waals surface area contributed by atoms with Crippen molar-refractivity contribution in [2.24, 2.45) is 11.3 Å². The van der Waals surface area contributed by atoms with E-state index in [4.69, 9.17) is 5.11 Å². The Bertz CT molecular complexity index is 825. The lowest BCUT2D eigenvalue weighted by Crippen LogP contribution is -2.34. The third kappa shape index (κ3) is 3.59. The van der Waals surface area contributed by atoms with Gasteiger partial charge in [-0.1, -0.05) is 52.0 Å². The minimum Gasteiger partial charge on any atom is -0.465 e. The summed E-state index contributed by atoms with van der Waals surface area (Å²) in [5.41, 5.74) is 4.15. The smallest absolute Gasteiger partial charge is 0.405 e. The van der Waals surface area contributed by atoms with Crippen LogP contribution in [0.2, 0.25) is 0 Å². The Hall–Kier alpha value is -2.36. The minimum absolute atomic E-state index is 0.285. The van der Waals surface area contributed by atoms with Gasteiger partial charge < -0.3 is 10.4 Å². The molecule has 1 amide bonds. The molecule has 0 radical (unpaired) electrons. The number of amides is 1. The molecule has 0 aromatic heterocycles. The van der Waals surface area contributed by atoms with Gasteiger partial charge in [0.15, 0.2) is 0 Å². The zero-order valence-electron chi connectivity index (χ0n) is 15.8. The number of nitrogens with one attached hydrogen (secondary N) is 1. The second kappa shape index (κ2) is 6.75. The molecule has 0 aliphatic heterocycles. The molecule has 0 saturated heterocycles. The van der Waals surface area contributed by atoms with Gasteiger partial charge in [0.05, 0.1) is 6.04 Å². The van der Waals surface area contributed by atoms with E-state index in [0.29, 0.717) is 17.9 Å². The Morgan fingerprint density at radius 2 is 1.92 bits per heavy atom. The highest BCUT2D eigenvalue weighted by Crippen LogP contribution is 2.46. The number of hydrogen-bond acceptors (Lipinski definition) is 1. The molecule has 4 heteroatoms. The van der Waals surface area contributed by atoms with Crippen LogP contribution in [0.5, 0.6) is 0 Å². The summed E-state index contributed by atoms with van der Waals surface area (Å²) in [4.78, 5) is 11.1. The molecule has 0 saturated carbocycles. The Kier molecular flexibility index (Phi) is 4.78. The van der Waals surface area contributed by atoms with Gasteiger partial charge in [-0.2, -0.15) is 0 Å². The molecule has 2 aromatic carbocycles. The number of carboxylic acid groups (broad SMARTS) is 1. The van der Waals surface area contributed by atoms with Gasteiger partial charge in [0, 0.05) is 5.56 Å². The van der Waals surface area contributed by atoms with Crippen molar-refractivity contribution in [1.29, 1.82) is 0 Å². The van der Waals surface area contributed by atoms with Gasteiger partial charge in [-0.15, -0.1) is 0 Å². The van der Waals surface area contributed by atoms with E-state index >= 15 is 0 Å². The Balaban J connectivity index is 1.96. The van der Waals surface area contributed by atoms with Crippen LogP contribution in [0.4, 0.5) is 9.18 Å². The highest BCUT2D eigenvalue weighted by molar-refractivity contribution is 5.69. The molecule has 1 aliphatic carbocycles. The van der Waals surface area contributed by atoms with Crippen LogP contribution in [0.1, 0.15) is 50.4 Å².